The Kier molecular flexibility index (Phi) is 5.07. The third kappa shape index (κ3) is 3.88. The zero-order valence-electron chi connectivity index (χ0n) is 11.5. The van der Waals surface area contributed by atoms with Crippen molar-refractivity contribution >= 4 is 15.5 Å². The van der Waals surface area contributed by atoms with Gasteiger partial charge in [-0.1, -0.05) is 26.0 Å². The Morgan fingerprint density at radius 2 is 1.70 bits per heavy atom. The number of hydrogen-bond donors (Lipinski definition) is 1. The summed E-state index contributed by atoms with van der Waals surface area (Å²) in [4.78, 5) is -0.733. The first kappa shape index (κ1) is 16.8. The van der Waals surface area contributed by atoms with Gasteiger partial charge in [0.15, 0.2) is 0 Å². The van der Waals surface area contributed by atoms with Gasteiger partial charge in [-0.15, -0.1) is 0 Å². The van der Waals surface area contributed by atoms with Crippen LogP contribution in [0.15, 0.2) is 29.2 Å². The smallest absolute Gasteiger partial charge is 0.382 e. The number of nitrogens with one attached hydrogen (secondary N) is 1. The maximum Gasteiger partial charge on any atom is 0.501 e. The summed E-state index contributed by atoms with van der Waals surface area (Å²) < 4.78 is 60.9. The van der Waals surface area contributed by atoms with Crippen LogP contribution < -0.4 is 5.32 Å². The molecule has 0 aliphatic heterocycles. The number of hydrogen-bond acceptors (Lipinski definition) is 3. The van der Waals surface area contributed by atoms with Crippen LogP contribution in [0.4, 0.5) is 18.9 Å². The van der Waals surface area contributed by atoms with Crippen molar-refractivity contribution in [1.82, 2.24) is 0 Å². The summed E-state index contributed by atoms with van der Waals surface area (Å²) in [5.74, 6) is 0.351. The molecule has 20 heavy (non-hydrogen) atoms. The topological polar surface area (TPSA) is 46.2 Å². The highest BCUT2D eigenvalue weighted by Gasteiger charge is 2.47. The molecule has 0 aliphatic rings. The van der Waals surface area contributed by atoms with Crippen molar-refractivity contribution in [2.45, 2.75) is 43.6 Å². The van der Waals surface area contributed by atoms with E-state index in [1.165, 1.54) is 18.2 Å². The van der Waals surface area contributed by atoms with Crippen LogP contribution in [0.5, 0.6) is 0 Å². The van der Waals surface area contributed by atoms with Gasteiger partial charge in [-0.25, -0.2) is 8.42 Å². The number of rotatable bonds is 5. The van der Waals surface area contributed by atoms with Gasteiger partial charge in [0.1, 0.15) is 0 Å². The molecule has 1 aromatic rings. The van der Waals surface area contributed by atoms with Crippen molar-refractivity contribution in [3.63, 3.8) is 0 Å². The molecule has 1 atom stereocenters. The van der Waals surface area contributed by atoms with Crippen molar-refractivity contribution < 1.29 is 21.6 Å². The average Bonchev–Trinajstić information content (AvgIpc) is 2.26. The second-order valence-electron chi connectivity index (χ2n) is 5.12. The number of sulfone groups is 1. The highest BCUT2D eigenvalue weighted by atomic mass is 32.2. The molecule has 0 radical (unpaired) electrons. The van der Waals surface area contributed by atoms with Crippen molar-refractivity contribution in [2.75, 3.05) is 5.32 Å². The van der Waals surface area contributed by atoms with Gasteiger partial charge < -0.3 is 5.32 Å². The quantitative estimate of drug-likeness (QED) is 0.899. The monoisotopic (exact) mass is 309 g/mol. The van der Waals surface area contributed by atoms with Crippen LogP contribution in [-0.4, -0.2) is 20.0 Å². The molecular formula is C13H18F3NO2S. The number of halogens is 3. The lowest BCUT2D eigenvalue weighted by molar-refractivity contribution is -0.0435. The molecule has 0 bridgehead atoms. The van der Waals surface area contributed by atoms with Gasteiger partial charge in [0, 0.05) is 6.04 Å². The predicted molar refractivity (Wildman–Crippen MR) is 72.2 cm³/mol. The SMILES string of the molecule is CC(C)CC(C)Nc1ccccc1S(=O)(=O)C(F)(F)F. The molecule has 7 heteroatoms. The van der Waals surface area contributed by atoms with Crippen LogP contribution in [0.25, 0.3) is 0 Å². The molecule has 0 amide bonds. The Labute approximate surface area is 117 Å². The van der Waals surface area contributed by atoms with Crippen LogP contribution in [0.3, 0.4) is 0 Å². The van der Waals surface area contributed by atoms with Crippen molar-refractivity contribution in [3.05, 3.63) is 24.3 Å². The van der Waals surface area contributed by atoms with E-state index in [1.807, 2.05) is 13.8 Å². The first-order chi connectivity index (χ1) is 9.05. The summed E-state index contributed by atoms with van der Waals surface area (Å²) >= 11 is 0. The maximum atomic E-state index is 12.6. The molecule has 3 nitrogen and oxygen atoms in total. The lowest BCUT2D eigenvalue weighted by atomic mass is 10.1. The Hall–Kier alpha value is -1.24. The van der Waals surface area contributed by atoms with Crippen LogP contribution in [0.1, 0.15) is 27.2 Å². The molecule has 0 spiro atoms. The highest BCUT2D eigenvalue weighted by molar-refractivity contribution is 7.92. The maximum absolute atomic E-state index is 12.6. The van der Waals surface area contributed by atoms with E-state index in [1.54, 1.807) is 6.92 Å². The van der Waals surface area contributed by atoms with E-state index in [0.717, 1.165) is 12.5 Å². The van der Waals surface area contributed by atoms with Gasteiger partial charge in [-0.2, -0.15) is 13.2 Å². The summed E-state index contributed by atoms with van der Waals surface area (Å²) in [7, 11) is -5.34. The molecule has 0 aromatic heterocycles. The Morgan fingerprint density at radius 1 is 1.15 bits per heavy atom. The summed E-state index contributed by atoms with van der Waals surface area (Å²) in [5.41, 5.74) is -5.32. The molecule has 1 rings (SSSR count). The Balaban J connectivity index is 3.13. The minimum absolute atomic E-state index is 0.0158. The van der Waals surface area contributed by atoms with Gasteiger partial charge in [0.05, 0.1) is 10.6 Å². The van der Waals surface area contributed by atoms with E-state index in [-0.39, 0.29) is 11.7 Å². The molecule has 0 fully saturated rings. The summed E-state index contributed by atoms with van der Waals surface area (Å²) in [6, 6.07) is 4.96. The zero-order valence-corrected chi connectivity index (χ0v) is 12.3. The fourth-order valence-electron chi connectivity index (χ4n) is 1.98. The number of anilines is 1. The van der Waals surface area contributed by atoms with Gasteiger partial charge in [-0.05, 0) is 31.4 Å². The fourth-order valence-corrected chi connectivity index (χ4v) is 2.90. The van der Waals surface area contributed by atoms with Gasteiger partial charge in [-0.3, -0.25) is 0 Å². The van der Waals surface area contributed by atoms with E-state index < -0.39 is 20.2 Å². The second-order valence-corrected chi connectivity index (χ2v) is 7.03. The normalized spacial score (nSPS) is 14.3. The van der Waals surface area contributed by atoms with E-state index in [2.05, 4.69) is 5.32 Å². The van der Waals surface area contributed by atoms with Crippen LogP contribution in [-0.2, 0) is 9.84 Å². The highest BCUT2D eigenvalue weighted by Crippen LogP contribution is 2.34. The molecule has 0 heterocycles. The molecule has 0 aliphatic carbocycles. The first-order valence-corrected chi connectivity index (χ1v) is 7.71. The van der Waals surface area contributed by atoms with E-state index >= 15 is 0 Å². The van der Waals surface area contributed by atoms with Crippen molar-refractivity contribution in [1.29, 1.82) is 0 Å². The minimum Gasteiger partial charge on any atom is -0.382 e. The van der Waals surface area contributed by atoms with Crippen molar-refractivity contribution in [2.24, 2.45) is 5.92 Å². The second kappa shape index (κ2) is 6.03. The summed E-state index contributed by atoms with van der Waals surface area (Å²) in [6.45, 7) is 5.77. The standard InChI is InChI=1S/C13H18F3NO2S/c1-9(2)8-10(3)17-11-6-4-5-7-12(11)20(18,19)13(14,15)16/h4-7,9-10,17H,8H2,1-3H3. The third-order valence-corrected chi connectivity index (χ3v) is 4.25. The minimum atomic E-state index is -5.34. The molecular weight excluding hydrogens is 291 g/mol. The predicted octanol–water partition coefficient (Wildman–Crippen LogP) is 3.83. The number of alkyl halides is 3. The van der Waals surface area contributed by atoms with Crippen LogP contribution in [0.2, 0.25) is 0 Å². The molecule has 0 saturated carbocycles. The summed E-state index contributed by atoms with van der Waals surface area (Å²) in [5, 5.41) is 2.84. The van der Waals surface area contributed by atoms with Crippen LogP contribution in [0, 0.1) is 5.92 Å². The largest absolute Gasteiger partial charge is 0.501 e. The molecule has 0 saturated heterocycles. The molecule has 1 aromatic carbocycles. The third-order valence-electron chi connectivity index (χ3n) is 2.71. The lowest BCUT2D eigenvalue weighted by Crippen LogP contribution is -2.26. The van der Waals surface area contributed by atoms with Gasteiger partial charge >= 0.3 is 5.51 Å². The van der Waals surface area contributed by atoms with Gasteiger partial charge in [0.2, 0.25) is 0 Å². The van der Waals surface area contributed by atoms with Crippen molar-refractivity contribution in [3.8, 4) is 0 Å². The van der Waals surface area contributed by atoms with E-state index in [4.69, 9.17) is 0 Å². The molecule has 1 unspecified atom stereocenters. The van der Waals surface area contributed by atoms with E-state index in [9.17, 15) is 21.6 Å². The van der Waals surface area contributed by atoms with Gasteiger partial charge in [0.25, 0.3) is 9.84 Å². The summed E-state index contributed by atoms with van der Waals surface area (Å²) in [6.07, 6.45) is 0.723. The first-order valence-electron chi connectivity index (χ1n) is 6.22. The molecule has 1 N–H and O–H groups in total. The number of benzene rings is 1. The average molecular weight is 309 g/mol. The Bertz CT molecular complexity index is 553. The fraction of sp³-hybridized carbons (Fsp3) is 0.538. The number of para-hydroxylation sites is 1. The zero-order chi connectivity index (χ0) is 15.6. The lowest BCUT2D eigenvalue weighted by Gasteiger charge is -2.20. The van der Waals surface area contributed by atoms with E-state index in [0.29, 0.717) is 5.92 Å². The van der Waals surface area contributed by atoms with Crippen LogP contribution >= 0.6 is 0 Å². The molecule has 114 valence electrons. The Morgan fingerprint density at radius 3 is 2.20 bits per heavy atom.